The number of hydrogen-bond acceptors (Lipinski definition) is 7. The predicted octanol–water partition coefficient (Wildman–Crippen LogP) is 3.66. The van der Waals surface area contributed by atoms with Crippen molar-refractivity contribution in [3.05, 3.63) is 63.3 Å². The molecule has 0 spiro atoms. The number of nitrogens with one attached hydrogen (secondary N) is 1. The number of amides is 1. The summed E-state index contributed by atoms with van der Waals surface area (Å²) in [7, 11) is -1.55. The Balaban J connectivity index is 1.43. The number of aromatic nitrogens is 2. The zero-order valence-corrected chi connectivity index (χ0v) is 22.9. The van der Waals surface area contributed by atoms with E-state index in [1.165, 1.54) is 44.6 Å². The van der Waals surface area contributed by atoms with Gasteiger partial charge in [-0.2, -0.15) is 9.40 Å². The molecule has 0 saturated carbocycles. The van der Waals surface area contributed by atoms with Gasteiger partial charge in [-0.1, -0.05) is 6.42 Å². The average Bonchev–Trinajstić information content (AvgIpc) is 3.41. The summed E-state index contributed by atoms with van der Waals surface area (Å²) in [6.07, 6.45) is 3.47. The van der Waals surface area contributed by atoms with Gasteiger partial charge in [0.1, 0.15) is 5.00 Å². The lowest BCUT2D eigenvalue weighted by molar-refractivity contribution is 0.0942. The van der Waals surface area contributed by atoms with E-state index in [1.807, 2.05) is 27.0 Å². The van der Waals surface area contributed by atoms with Gasteiger partial charge in [-0.15, -0.1) is 11.3 Å². The molecule has 1 fully saturated rings. The summed E-state index contributed by atoms with van der Waals surface area (Å²) in [5.41, 5.74) is 3.25. The Morgan fingerprint density at radius 2 is 1.73 bits per heavy atom. The molecule has 2 aliphatic heterocycles. The van der Waals surface area contributed by atoms with Gasteiger partial charge in [0.15, 0.2) is 0 Å². The topological polar surface area (TPSA) is 105 Å². The highest BCUT2D eigenvalue weighted by molar-refractivity contribution is 7.89. The molecule has 0 bridgehead atoms. The van der Waals surface area contributed by atoms with Gasteiger partial charge in [-0.25, -0.2) is 13.1 Å². The van der Waals surface area contributed by atoms with E-state index in [0.717, 1.165) is 47.6 Å². The Morgan fingerprint density at radius 1 is 1.03 bits per heavy atom. The first kappa shape index (κ1) is 25.8. The first-order valence-electron chi connectivity index (χ1n) is 12.5. The van der Waals surface area contributed by atoms with Crippen molar-refractivity contribution in [3.8, 4) is 0 Å². The summed E-state index contributed by atoms with van der Waals surface area (Å²) >= 11 is 1.41. The van der Waals surface area contributed by atoms with E-state index in [1.54, 1.807) is 0 Å². The lowest BCUT2D eigenvalue weighted by Crippen LogP contribution is -2.35. The first-order chi connectivity index (χ1) is 17.6. The Kier molecular flexibility index (Phi) is 7.06. The quantitative estimate of drug-likeness (QED) is 0.529. The van der Waals surface area contributed by atoms with E-state index in [4.69, 9.17) is 0 Å². The number of anilines is 1. The molecular formula is C26H31N5O4S2. The van der Waals surface area contributed by atoms with E-state index < -0.39 is 15.9 Å². The lowest BCUT2D eigenvalue weighted by Gasteiger charge is -2.25. The molecule has 0 radical (unpaired) electrons. The van der Waals surface area contributed by atoms with Gasteiger partial charge >= 0.3 is 0 Å². The van der Waals surface area contributed by atoms with Crippen LogP contribution < -0.4 is 5.32 Å². The number of carbonyl (C=O) groups excluding carboxylic acids is 2. The van der Waals surface area contributed by atoms with Crippen molar-refractivity contribution in [2.75, 3.05) is 32.0 Å². The maximum absolute atomic E-state index is 13.6. The second-order valence-electron chi connectivity index (χ2n) is 9.78. The normalized spacial score (nSPS) is 16.9. The molecule has 11 heteroatoms. The molecule has 4 heterocycles. The molecule has 0 unspecified atom stereocenters. The maximum atomic E-state index is 13.6. The van der Waals surface area contributed by atoms with Crippen LogP contribution in [-0.2, 0) is 23.0 Å². The van der Waals surface area contributed by atoms with Gasteiger partial charge in [0, 0.05) is 42.3 Å². The van der Waals surface area contributed by atoms with Crippen LogP contribution in [0, 0.1) is 13.8 Å². The predicted molar refractivity (Wildman–Crippen MR) is 143 cm³/mol. The number of carbonyl (C=O) groups is 2. The van der Waals surface area contributed by atoms with Crippen molar-refractivity contribution >= 4 is 38.2 Å². The van der Waals surface area contributed by atoms with Crippen molar-refractivity contribution in [1.29, 1.82) is 0 Å². The summed E-state index contributed by atoms with van der Waals surface area (Å²) < 4.78 is 28.8. The molecule has 0 aliphatic carbocycles. The molecule has 196 valence electrons. The second-order valence-corrected chi connectivity index (χ2v) is 12.8. The van der Waals surface area contributed by atoms with Crippen LogP contribution >= 0.6 is 11.3 Å². The fraction of sp³-hybridized carbons (Fsp3) is 0.423. The van der Waals surface area contributed by atoms with Gasteiger partial charge in [-0.05, 0) is 76.1 Å². The average molecular weight is 542 g/mol. The minimum Gasteiger partial charge on any atom is -0.313 e. The van der Waals surface area contributed by atoms with Crippen LogP contribution in [0.3, 0.4) is 0 Å². The van der Waals surface area contributed by atoms with E-state index >= 15 is 0 Å². The SMILES string of the molecule is Cc1cc(C)n(C(=O)c2c(NC(=O)c3ccc(S(=O)(=O)N4CCCCC4)cc3)sc3c2CCN(C)C3)n1. The van der Waals surface area contributed by atoms with Crippen LogP contribution in [0.4, 0.5) is 5.00 Å². The molecular weight excluding hydrogens is 510 g/mol. The fourth-order valence-corrected chi connectivity index (χ4v) is 7.83. The molecule has 0 atom stereocenters. The lowest BCUT2D eigenvalue weighted by atomic mass is 10.0. The zero-order valence-electron chi connectivity index (χ0n) is 21.3. The molecule has 1 N–H and O–H groups in total. The molecule has 1 aromatic carbocycles. The van der Waals surface area contributed by atoms with E-state index in [0.29, 0.717) is 42.2 Å². The Hall–Kier alpha value is -2.86. The second kappa shape index (κ2) is 10.1. The van der Waals surface area contributed by atoms with Crippen LogP contribution in [0.2, 0.25) is 0 Å². The van der Waals surface area contributed by atoms with E-state index in [9.17, 15) is 18.0 Å². The number of nitrogens with zero attached hydrogens (tertiary/aromatic N) is 4. The summed E-state index contributed by atoms with van der Waals surface area (Å²) in [5, 5.41) is 7.80. The highest BCUT2D eigenvalue weighted by atomic mass is 32.2. The van der Waals surface area contributed by atoms with E-state index in [2.05, 4.69) is 15.3 Å². The standard InChI is InChI=1S/C26H31N5O4S2/c1-17-15-18(2)31(28-17)26(33)23-21-11-14-29(3)16-22(21)36-25(23)27-24(32)19-7-9-20(10-8-19)37(34,35)30-12-5-4-6-13-30/h7-10,15H,4-6,11-14,16H2,1-3H3,(H,27,32). The smallest absolute Gasteiger partial charge is 0.281 e. The molecule has 37 heavy (non-hydrogen) atoms. The van der Waals surface area contributed by atoms with Crippen molar-refractivity contribution in [1.82, 2.24) is 19.0 Å². The third-order valence-corrected chi connectivity index (χ3v) is 10.0. The summed E-state index contributed by atoms with van der Waals surface area (Å²) in [6.45, 7) is 6.25. The fourth-order valence-electron chi connectivity index (χ4n) is 4.99. The molecule has 1 amide bonds. The van der Waals surface area contributed by atoms with Crippen molar-refractivity contribution < 1.29 is 18.0 Å². The Morgan fingerprint density at radius 3 is 2.38 bits per heavy atom. The number of thiophene rings is 1. The molecule has 2 aromatic heterocycles. The Labute approximate surface area is 221 Å². The number of hydrogen-bond donors (Lipinski definition) is 1. The number of aryl methyl sites for hydroxylation is 2. The molecule has 9 nitrogen and oxygen atoms in total. The van der Waals surface area contributed by atoms with Gasteiger partial charge in [0.05, 0.1) is 16.2 Å². The minimum atomic E-state index is -3.58. The van der Waals surface area contributed by atoms with Crippen LogP contribution in [0.1, 0.15) is 61.8 Å². The maximum Gasteiger partial charge on any atom is 0.281 e. The number of rotatable bonds is 5. The number of sulfonamides is 1. The minimum absolute atomic E-state index is 0.181. The van der Waals surface area contributed by atoms with Crippen molar-refractivity contribution in [2.45, 2.75) is 51.0 Å². The molecule has 1 saturated heterocycles. The zero-order chi connectivity index (χ0) is 26.3. The summed E-state index contributed by atoms with van der Waals surface area (Å²) in [5.74, 6) is -0.651. The van der Waals surface area contributed by atoms with Crippen LogP contribution in [-0.4, -0.2) is 65.9 Å². The van der Waals surface area contributed by atoms with Gasteiger partial charge in [0.2, 0.25) is 10.0 Å². The monoisotopic (exact) mass is 541 g/mol. The van der Waals surface area contributed by atoms with Gasteiger partial charge < -0.3 is 10.2 Å². The van der Waals surface area contributed by atoms with Crippen LogP contribution in [0.15, 0.2) is 35.2 Å². The highest BCUT2D eigenvalue weighted by Gasteiger charge is 2.30. The van der Waals surface area contributed by atoms with Gasteiger partial charge in [0.25, 0.3) is 11.8 Å². The molecule has 2 aliphatic rings. The third-order valence-electron chi connectivity index (χ3n) is 6.96. The molecule has 3 aromatic rings. The summed E-state index contributed by atoms with van der Waals surface area (Å²) in [4.78, 5) is 30.3. The van der Waals surface area contributed by atoms with Crippen LogP contribution in [0.25, 0.3) is 0 Å². The summed E-state index contributed by atoms with van der Waals surface area (Å²) in [6, 6.07) is 7.86. The Bertz CT molecular complexity index is 1450. The first-order valence-corrected chi connectivity index (χ1v) is 14.7. The number of likely N-dealkylation sites (N-methyl/N-ethyl adjacent to an activating group) is 1. The van der Waals surface area contributed by atoms with E-state index in [-0.39, 0.29) is 10.8 Å². The third kappa shape index (κ3) is 5.00. The van der Waals surface area contributed by atoms with Gasteiger partial charge in [-0.3, -0.25) is 9.59 Å². The van der Waals surface area contributed by atoms with Crippen molar-refractivity contribution in [3.63, 3.8) is 0 Å². The number of piperidine rings is 1. The van der Waals surface area contributed by atoms with Crippen LogP contribution in [0.5, 0.6) is 0 Å². The van der Waals surface area contributed by atoms with Crippen molar-refractivity contribution in [2.24, 2.45) is 0 Å². The number of benzene rings is 1. The largest absolute Gasteiger partial charge is 0.313 e. The molecule has 5 rings (SSSR count). The number of fused-ring (bicyclic) bond motifs is 1. The highest BCUT2D eigenvalue weighted by Crippen LogP contribution is 2.38.